The molecule has 25 heavy (non-hydrogen) atoms. The molecule has 144 valence electrons. The molecule has 1 amide bonds. The number of amides is 1. The fourth-order valence-electron chi connectivity index (χ4n) is 3.82. The second-order valence-electron chi connectivity index (χ2n) is 7.73. The average Bonchev–Trinajstić information content (AvgIpc) is 3.11. The third kappa shape index (κ3) is 9.81. The maximum atomic E-state index is 12.3. The number of allylic oxidation sites excluding steroid dienone is 1. The van der Waals surface area contributed by atoms with Gasteiger partial charge in [-0.15, -0.1) is 6.58 Å². The molecule has 2 unspecified atom stereocenters. The second-order valence-corrected chi connectivity index (χ2v) is 7.73. The van der Waals surface area contributed by atoms with Crippen molar-refractivity contribution in [3.63, 3.8) is 0 Å². The molecule has 0 aromatic rings. The molecule has 0 aromatic heterocycles. The van der Waals surface area contributed by atoms with Crippen LogP contribution in [0.3, 0.4) is 0 Å². The van der Waals surface area contributed by atoms with E-state index in [1.165, 1.54) is 51.4 Å². The van der Waals surface area contributed by atoms with Crippen molar-refractivity contribution in [2.24, 2.45) is 11.8 Å². The van der Waals surface area contributed by atoms with E-state index >= 15 is 0 Å². The number of carbonyl (C=O) groups is 2. The van der Waals surface area contributed by atoms with Crippen LogP contribution in [0, 0.1) is 11.8 Å². The maximum Gasteiger partial charge on any atom is 0.210 e. The lowest BCUT2D eigenvalue weighted by Gasteiger charge is -2.18. The monoisotopic (exact) mass is 349 g/mol. The molecule has 0 radical (unpaired) electrons. The second kappa shape index (κ2) is 14.1. The van der Waals surface area contributed by atoms with E-state index in [4.69, 9.17) is 0 Å². The molecule has 2 atom stereocenters. The molecule has 0 bridgehead atoms. The molecule has 1 aliphatic carbocycles. The summed E-state index contributed by atoms with van der Waals surface area (Å²) < 4.78 is 0. The van der Waals surface area contributed by atoms with E-state index in [0.717, 1.165) is 45.1 Å². The Labute approximate surface area is 155 Å². The van der Waals surface area contributed by atoms with E-state index in [1.54, 1.807) is 4.90 Å². The predicted molar refractivity (Wildman–Crippen MR) is 106 cm³/mol. The van der Waals surface area contributed by atoms with Crippen molar-refractivity contribution in [3.05, 3.63) is 12.7 Å². The summed E-state index contributed by atoms with van der Waals surface area (Å²) in [4.78, 5) is 25.2. The molecule has 1 rings (SSSR count). The Kier molecular flexibility index (Phi) is 12.4. The molecular weight excluding hydrogens is 310 g/mol. The molecule has 0 spiro atoms. The van der Waals surface area contributed by atoms with Crippen LogP contribution in [0.5, 0.6) is 0 Å². The zero-order valence-corrected chi connectivity index (χ0v) is 16.4. The third-order valence-corrected chi connectivity index (χ3v) is 5.57. The normalized spacial score (nSPS) is 19.7. The molecule has 0 aliphatic heterocycles. The van der Waals surface area contributed by atoms with Gasteiger partial charge in [0.25, 0.3) is 0 Å². The van der Waals surface area contributed by atoms with Crippen LogP contribution in [0.15, 0.2) is 12.7 Å². The van der Waals surface area contributed by atoms with Crippen molar-refractivity contribution in [2.45, 2.75) is 90.4 Å². The highest BCUT2D eigenvalue weighted by Gasteiger charge is 2.28. The minimum absolute atomic E-state index is 0.137. The number of ketones is 1. The highest BCUT2D eigenvalue weighted by molar-refractivity contribution is 5.84. The van der Waals surface area contributed by atoms with Crippen LogP contribution >= 0.6 is 0 Å². The largest absolute Gasteiger partial charge is 0.338 e. The summed E-state index contributed by atoms with van der Waals surface area (Å²) in [6, 6.07) is 0. The molecular formula is C22H39NO2. The summed E-state index contributed by atoms with van der Waals surface area (Å²) in [6.07, 6.45) is 18.6. The lowest BCUT2D eigenvalue weighted by atomic mass is 10.00. The van der Waals surface area contributed by atoms with Crippen molar-refractivity contribution in [1.29, 1.82) is 0 Å². The first-order valence-corrected chi connectivity index (χ1v) is 10.6. The Bertz CT molecular complexity index is 380. The SMILES string of the molecule is C=CC1CCC(C(=O)CN(C=O)CCCCCCCCCCCC)C1. The van der Waals surface area contributed by atoms with Crippen molar-refractivity contribution < 1.29 is 9.59 Å². The van der Waals surface area contributed by atoms with Gasteiger partial charge >= 0.3 is 0 Å². The molecule has 3 heteroatoms. The Hall–Kier alpha value is -1.12. The predicted octanol–water partition coefficient (Wildman–Crippen LogP) is 5.54. The summed E-state index contributed by atoms with van der Waals surface area (Å²) in [5, 5.41) is 0. The van der Waals surface area contributed by atoms with Gasteiger partial charge in [-0.1, -0.05) is 70.8 Å². The van der Waals surface area contributed by atoms with Gasteiger partial charge in [0.2, 0.25) is 6.41 Å². The Morgan fingerprint density at radius 3 is 2.12 bits per heavy atom. The maximum absolute atomic E-state index is 12.3. The fourth-order valence-corrected chi connectivity index (χ4v) is 3.82. The minimum Gasteiger partial charge on any atom is -0.338 e. The third-order valence-electron chi connectivity index (χ3n) is 5.57. The van der Waals surface area contributed by atoms with E-state index in [0.29, 0.717) is 12.5 Å². The summed E-state index contributed by atoms with van der Waals surface area (Å²) in [6.45, 7) is 7.10. The van der Waals surface area contributed by atoms with Crippen molar-refractivity contribution >= 4 is 12.2 Å². The van der Waals surface area contributed by atoms with E-state index in [-0.39, 0.29) is 11.7 Å². The van der Waals surface area contributed by atoms with Crippen LogP contribution in [0.2, 0.25) is 0 Å². The van der Waals surface area contributed by atoms with Gasteiger partial charge in [-0.05, 0) is 31.6 Å². The fraction of sp³-hybridized carbons (Fsp3) is 0.818. The number of unbranched alkanes of at least 4 members (excludes halogenated alkanes) is 9. The molecule has 0 aromatic carbocycles. The molecule has 1 saturated carbocycles. The van der Waals surface area contributed by atoms with Gasteiger partial charge in [0, 0.05) is 12.5 Å². The Morgan fingerprint density at radius 1 is 1.00 bits per heavy atom. The van der Waals surface area contributed by atoms with E-state index in [1.807, 2.05) is 6.08 Å². The zero-order valence-electron chi connectivity index (χ0n) is 16.4. The van der Waals surface area contributed by atoms with E-state index in [9.17, 15) is 9.59 Å². The quantitative estimate of drug-likeness (QED) is 0.208. The smallest absolute Gasteiger partial charge is 0.210 e. The molecule has 3 nitrogen and oxygen atoms in total. The summed E-state index contributed by atoms with van der Waals surface area (Å²) in [7, 11) is 0. The van der Waals surface area contributed by atoms with Crippen molar-refractivity contribution in [1.82, 2.24) is 4.90 Å². The molecule has 1 fully saturated rings. The van der Waals surface area contributed by atoms with Gasteiger partial charge in [0.1, 0.15) is 0 Å². The highest BCUT2D eigenvalue weighted by atomic mass is 16.1. The molecule has 0 heterocycles. The summed E-state index contributed by atoms with van der Waals surface area (Å²) in [5.74, 6) is 0.863. The Balaban J connectivity index is 2.03. The lowest BCUT2D eigenvalue weighted by Crippen LogP contribution is -2.32. The van der Waals surface area contributed by atoms with Crippen LogP contribution in [0.4, 0.5) is 0 Å². The van der Waals surface area contributed by atoms with Crippen LogP contribution in [0.1, 0.15) is 90.4 Å². The van der Waals surface area contributed by atoms with Crippen LogP contribution in [-0.4, -0.2) is 30.2 Å². The van der Waals surface area contributed by atoms with Gasteiger partial charge in [-0.2, -0.15) is 0 Å². The van der Waals surface area contributed by atoms with Gasteiger partial charge in [-0.25, -0.2) is 0 Å². The zero-order chi connectivity index (χ0) is 18.3. The van der Waals surface area contributed by atoms with E-state index in [2.05, 4.69) is 13.5 Å². The summed E-state index contributed by atoms with van der Waals surface area (Å²) in [5.41, 5.74) is 0. The van der Waals surface area contributed by atoms with Gasteiger partial charge in [-0.3, -0.25) is 9.59 Å². The number of Topliss-reactive ketones (excluding diaryl/α,β-unsaturated/α-hetero) is 1. The Morgan fingerprint density at radius 2 is 1.60 bits per heavy atom. The molecule has 0 N–H and O–H groups in total. The van der Waals surface area contributed by atoms with E-state index < -0.39 is 0 Å². The first-order valence-electron chi connectivity index (χ1n) is 10.6. The lowest BCUT2D eigenvalue weighted by molar-refractivity contribution is -0.129. The number of rotatable bonds is 16. The topological polar surface area (TPSA) is 37.4 Å². The van der Waals surface area contributed by atoms with Gasteiger partial charge < -0.3 is 4.90 Å². The van der Waals surface area contributed by atoms with Gasteiger partial charge in [0.05, 0.1) is 6.54 Å². The number of hydrogen-bond donors (Lipinski definition) is 0. The first kappa shape index (κ1) is 21.9. The van der Waals surface area contributed by atoms with Crippen LogP contribution < -0.4 is 0 Å². The number of hydrogen-bond acceptors (Lipinski definition) is 2. The first-order chi connectivity index (χ1) is 12.2. The van der Waals surface area contributed by atoms with Crippen LogP contribution in [0.25, 0.3) is 0 Å². The highest BCUT2D eigenvalue weighted by Crippen LogP contribution is 2.32. The van der Waals surface area contributed by atoms with Gasteiger partial charge in [0.15, 0.2) is 5.78 Å². The minimum atomic E-state index is 0.137. The average molecular weight is 350 g/mol. The summed E-state index contributed by atoms with van der Waals surface area (Å²) >= 11 is 0. The number of nitrogens with zero attached hydrogens (tertiary/aromatic N) is 1. The van der Waals surface area contributed by atoms with Crippen LogP contribution in [-0.2, 0) is 9.59 Å². The molecule has 0 saturated heterocycles. The number of carbonyl (C=O) groups excluding carboxylic acids is 2. The van der Waals surface area contributed by atoms with Crippen molar-refractivity contribution in [3.8, 4) is 0 Å². The van der Waals surface area contributed by atoms with Crippen molar-refractivity contribution in [2.75, 3.05) is 13.1 Å². The standard InChI is InChI=1S/C22H39NO2/c1-3-5-6-7-8-9-10-11-12-13-16-23(19-24)18-22(25)21-15-14-20(4-2)17-21/h4,19-21H,2-3,5-18H2,1H3. The molecule has 1 aliphatic rings.